The summed E-state index contributed by atoms with van der Waals surface area (Å²) >= 11 is 0. The molecule has 0 aliphatic heterocycles. The molecule has 0 bridgehead atoms. The van der Waals surface area contributed by atoms with Gasteiger partial charge in [0.05, 0.1) is 17.7 Å². The summed E-state index contributed by atoms with van der Waals surface area (Å²) in [6.45, 7) is 0. The first kappa shape index (κ1) is 11.7. The second-order valence-corrected chi connectivity index (χ2v) is 5.00. The number of rotatable bonds is 2. The number of methoxy groups -OCH3 is 1. The predicted molar refractivity (Wildman–Crippen MR) is 64.7 cm³/mol. The molecule has 2 aromatic rings. The van der Waals surface area contributed by atoms with Gasteiger partial charge >= 0.3 is 0 Å². The number of fused-ring (bicyclic) bond motifs is 1. The third kappa shape index (κ3) is 2.17. The topological polar surface area (TPSA) is 89.6 Å². The van der Waals surface area contributed by atoms with Gasteiger partial charge in [0.1, 0.15) is 5.75 Å². The van der Waals surface area contributed by atoms with E-state index < -0.39 is 10.1 Å². The van der Waals surface area contributed by atoms with Crippen molar-refractivity contribution in [3.05, 3.63) is 30.3 Å². The largest absolute Gasteiger partial charge is 0.495 e. The summed E-state index contributed by atoms with van der Waals surface area (Å²) in [6, 6.07) is 7.58. The zero-order valence-electron chi connectivity index (χ0n) is 9.04. The number of hydrogen-bond acceptors (Lipinski definition) is 4. The summed E-state index contributed by atoms with van der Waals surface area (Å²) in [7, 11) is -2.72. The molecule has 2 aromatic carbocycles. The third-order valence-electron chi connectivity index (χ3n) is 2.46. The van der Waals surface area contributed by atoms with E-state index in [1.54, 1.807) is 18.2 Å². The van der Waals surface area contributed by atoms with Crippen molar-refractivity contribution in [1.82, 2.24) is 0 Å². The Morgan fingerprint density at radius 2 is 1.88 bits per heavy atom. The molecule has 2 rings (SSSR count). The van der Waals surface area contributed by atoms with Crippen molar-refractivity contribution in [2.45, 2.75) is 4.90 Å². The van der Waals surface area contributed by atoms with E-state index >= 15 is 0 Å². The second-order valence-electron chi connectivity index (χ2n) is 3.58. The summed E-state index contributed by atoms with van der Waals surface area (Å²) < 4.78 is 36.0. The fraction of sp³-hybridized carbons (Fsp3) is 0.0909. The zero-order chi connectivity index (χ0) is 12.6. The Morgan fingerprint density at radius 1 is 1.18 bits per heavy atom. The maximum Gasteiger partial charge on any atom is 0.294 e. The van der Waals surface area contributed by atoms with E-state index in [2.05, 4.69) is 0 Å². The van der Waals surface area contributed by atoms with E-state index in [0.29, 0.717) is 16.8 Å². The molecular weight excluding hydrogens is 242 g/mol. The van der Waals surface area contributed by atoms with Crippen molar-refractivity contribution in [3.8, 4) is 5.75 Å². The average Bonchev–Trinajstić information content (AvgIpc) is 2.26. The van der Waals surface area contributed by atoms with Crippen LogP contribution in [0, 0.1) is 0 Å². The first-order valence-corrected chi connectivity index (χ1v) is 6.20. The van der Waals surface area contributed by atoms with Crippen molar-refractivity contribution in [1.29, 1.82) is 0 Å². The maximum atomic E-state index is 11.0. The molecule has 5 nitrogen and oxygen atoms in total. The number of nitrogens with two attached hydrogens (primary N) is 1. The van der Waals surface area contributed by atoms with Gasteiger partial charge in [-0.1, -0.05) is 6.07 Å². The highest BCUT2D eigenvalue weighted by atomic mass is 32.2. The molecule has 0 aliphatic rings. The van der Waals surface area contributed by atoms with Gasteiger partial charge in [-0.25, -0.2) is 0 Å². The van der Waals surface area contributed by atoms with Crippen LogP contribution in [0.5, 0.6) is 5.75 Å². The normalized spacial score (nSPS) is 11.6. The molecule has 0 spiro atoms. The zero-order valence-corrected chi connectivity index (χ0v) is 9.86. The second kappa shape index (κ2) is 3.90. The van der Waals surface area contributed by atoms with Crippen LogP contribution in [-0.4, -0.2) is 20.1 Å². The van der Waals surface area contributed by atoms with Crippen molar-refractivity contribution >= 4 is 26.6 Å². The molecule has 0 amide bonds. The van der Waals surface area contributed by atoms with Crippen molar-refractivity contribution in [2.75, 3.05) is 12.8 Å². The maximum absolute atomic E-state index is 11.0. The molecular formula is C11H11NO4S. The van der Waals surface area contributed by atoms with Gasteiger partial charge in [0.15, 0.2) is 0 Å². The number of anilines is 1. The highest BCUT2D eigenvalue weighted by Gasteiger charge is 2.11. The van der Waals surface area contributed by atoms with Gasteiger partial charge in [-0.2, -0.15) is 8.42 Å². The first-order chi connectivity index (χ1) is 7.91. The Balaban J connectivity index is 2.73. The average molecular weight is 253 g/mol. The molecule has 17 heavy (non-hydrogen) atoms. The SMILES string of the molecule is COc1cc2cc(S(=O)(=O)O)ccc2cc1N. The van der Waals surface area contributed by atoms with Crippen LogP contribution < -0.4 is 10.5 Å². The van der Waals surface area contributed by atoms with E-state index in [9.17, 15) is 8.42 Å². The molecule has 0 saturated carbocycles. The van der Waals surface area contributed by atoms with Crippen molar-refractivity contribution in [3.63, 3.8) is 0 Å². The molecule has 0 fully saturated rings. The summed E-state index contributed by atoms with van der Waals surface area (Å²) in [5.74, 6) is 0.463. The Labute approximate surface area is 98.6 Å². The van der Waals surface area contributed by atoms with E-state index in [0.717, 1.165) is 5.39 Å². The van der Waals surface area contributed by atoms with E-state index in [1.165, 1.54) is 19.2 Å². The lowest BCUT2D eigenvalue weighted by Gasteiger charge is -2.07. The van der Waals surface area contributed by atoms with Crippen LogP contribution in [-0.2, 0) is 10.1 Å². The predicted octanol–water partition coefficient (Wildman–Crippen LogP) is 1.68. The van der Waals surface area contributed by atoms with Crippen molar-refractivity contribution < 1.29 is 17.7 Å². The summed E-state index contributed by atoms with van der Waals surface area (Å²) in [5, 5.41) is 1.40. The minimum atomic E-state index is -4.20. The fourth-order valence-corrected chi connectivity index (χ4v) is 2.13. The molecule has 0 unspecified atom stereocenters. The van der Waals surface area contributed by atoms with Crippen LogP contribution in [0.15, 0.2) is 35.2 Å². The standard InChI is InChI=1S/C11H11NO4S/c1-16-11-6-8-4-9(17(13,14)15)3-2-7(8)5-10(11)12/h2-6H,12H2,1H3,(H,13,14,15). The van der Waals surface area contributed by atoms with Gasteiger partial charge in [0, 0.05) is 0 Å². The number of ether oxygens (including phenoxy) is 1. The van der Waals surface area contributed by atoms with Gasteiger partial charge in [0.25, 0.3) is 10.1 Å². The minimum Gasteiger partial charge on any atom is -0.495 e. The lowest BCUT2D eigenvalue weighted by molar-refractivity contribution is 0.417. The van der Waals surface area contributed by atoms with Gasteiger partial charge in [-0.15, -0.1) is 0 Å². The molecule has 0 saturated heterocycles. The molecule has 0 heterocycles. The monoisotopic (exact) mass is 253 g/mol. The van der Waals surface area contributed by atoms with Crippen LogP contribution in [0.3, 0.4) is 0 Å². The van der Waals surface area contributed by atoms with E-state index in [4.69, 9.17) is 15.0 Å². The summed E-state index contributed by atoms with van der Waals surface area (Å²) in [5.41, 5.74) is 6.20. The molecule has 0 atom stereocenters. The van der Waals surface area contributed by atoms with Gasteiger partial charge < -0.3 is 10.5 Å². The lowest BCUT2D eigenvalue weighted by Crippen LogP contribution is -1.98. The number of benzene rings is 2. The quantitative estimate of drug-likeness (QED) is 0.627. The van der Waals surface area contributed by atoms with Gasteiger partial charge in [-0.3, -0.25) is 4.55 Å². The summed E-state index contributed by atoms with van der Waals surface area (Å²) in [6.07, 6.45) is 0. The van der Waals surface area contributed by atoms with Crippen LogP contribution in [0.2, 0.25) is 0 Å². The third-order valence-corrected chi connectivity index (χ3v) is 3.31. The minimum absolute atomic E-state index is 0.156. The Bertz CT molecular complexity index is 679. The molecule has 0 radical (unpaired) electrons. The number of hydrogen-bond donors (Lipinski definition) is 2. The first-order valence-electron chi connectivity index (χ1n) is 4.76. The van der Waals surface area contributed by atoms with Gasteiger partial charge in [-0.05, 0) is 35.0 Å². The van der Waals surface area contributed by atoms with E-state index in [1.807, 2.05) is 0 Å². The van der Waals surface area contributed by atoms with Crippen LogP contribution >= 0.6 is 0 Å². The molecule has 90 valence electrons. The Morgan fingerprint density at radius 3 is 2.47 bits per heavy atom. The number of nitrogen functional groups attached to an aromatic ring is 1. The van der Waals surface area contributed by atoms with E-state index in [-0.39, 0.29) is 4.90 Å². The van der Waals surface area contributed by atoms with Gasteiger partial charge in [0.2, 0.25) is 0 Å². The Hall–Kier alpha value is -1.79. The molecule has 0 aromatic heterocycles. The lowest BCUT2D eigenvalue weighted by atomic mass is 10.1. The van der Waals surface area contributed by atoms with Crippen molar-refractivity contribution in [2.24, 2.45) is 0 Å². The van der Waals surface area contributed by atoms with Crippen LogP contribution in [0.1, 0.15) is 0 Å². The van der Waals surface area contributed by atoms with Crippen LogP contribution in [0.25, 0.3) is 10.8 Å². The fourth-order valence-electron chi connectivity index (χ4n) is 1.61. The Kier molecular flexibility index (Phi) is 2.68. The smallest absolute Gasteiger partial charge is 0.294 e. The van der Waals surface area contributed by atoms with Crippen LogP contribution in [0.4, 0.5) is 5.69 Å². The summed E-state index contributed by atoms with van der Waals surface area (Å²) in [4.78, 5) is -0.156. The molecule has 3 N–H and O–H groups in total. The highest BCUT2D eigenvalue weighted by molar-refractivity contribution is 7.85. The highest BCUT2D eigenvalue weighted by Crippen LogP contribution is 2.29. The molecule has 6 heteroatoms. The molecule has 0 aliphatic carbocycles.